The number of anilines is 1. The van der Waals surface area contributed by atoms with Crippen LogP contribution in [0.4, 0.5) is 5.69 Å². The van der Waals surface area contributed by atoms with Gasteiger partial charge < -0.3 is 14.4 Å². The minimum absolute atomic E-state index is 0.309. The van der Waals surface area contributed by atoms with E-state index in [0.29, 0.717) is 16.0 Å². The smallest absolute Gasteiger partial charge is 0.346 e. The van der Waals surface area contributed by atoms with Gasteiger partial charge in [0.2, 0.25) is 0 Å². The molecule has 0 fully saturated rings. The van der Waals surface area contributed by atoms with Crippen LogP contribution in [0.25, 0.3) is 38.6 Å². The van der Waals surface area contributed by atoms with Crippen LogP contribution in [-0.4, -0.2) is 24.2 Å². The summed E-state index contributed by atoms with van der Waals surface area (Å²) in [6, 6.07) is 20.6. The van der Waals surface area contributed by atoms with Crippen molar-refractivity contribution >= 4 is 40.0 Å². The number of nitrogens with zero attached hydrogens (tertiary/aromatic N) is 2. The fourth-order valence-corrected chi connectivity index (χ4v) is 4.73. The van der Waals surface area contributed by atoms with Crippen LogP contribution < -0.4 is 10.5 Å². The number of carboxylic acids is 1. The fourth-order valence-electron chi connectivity index (χ4n) is 3.77. The largest absolute Gasteiger partial charge is 0.477 e. The van der Waals surface area contributed by atoms with Gasteiger partial charge in [-0.1, -0.05) is 24.3 Å². The quantitative estimate of drug-likeness (QED) is 0.201. The highest BCUT2D eigenvalue weighted by atomic mass is 32.1. The first-order valence-electron chi connectivity index (χ1n) is 10.8. The van der Waals surface area contributed by atoms with Gasteiger partial charge in [0.25, 0.3) is 0 Å². The molecule has 4 aromatic rings. The Morgan fingerprint density at radius 1 is 1.06 bits per heavy atom. The Kier molecular flexibility index (Phi) is 6.62. The zero-order chi connectivity index (χ0) is 24.2. The molecule has 0 aliphatic carbocycles. The van der Waals surface area contributed by atoms with E-state index in [1.54, 1.807) is 12.1 Å². The number of aliphatic carboxylic acids is 1. The summed E-state index contributed by atoms with van der Waals surface area (Å²) in [4.78, 5) is 27.6. The summed E-state index contributed by atoms with van der Waals surface area (Å²) >= 11 is 1.39. The second-order valence-electron chi connectivity index (χ2n) is 7.60. The molecule has 0 aliphatic rings. The molecular formula is C27H22N2O4S. The first kappa shape index (κ1) is 23.0. The zero-order valence-electron chi connectivity index (χ0n) is 18.7. The van der Waals surface area contributed by atoms with Crippen LogP contribution in [0.3, 0.4) is 0 Å². The maximum Gasteiger partial charge on any atom is 0.346 e. The van der Waals surface area contributed by atoms with Crippen LogP contribution in [0.15, 0.2) is 75.4 Å². The molecule has 0 spiro atoms. The Morgan fingerprint density at radius 3 is 2.41 bits per heavy atom. The molecular weight excluding hydrogens is 448 g/mol. The van der Waals surface area contributed by atoms with E-state index in [-0.39, 0.29) is 5.57 Å². The van der Waals surface area contributed by atoms with Crippen molar-refractivity contribution in [3.05, 3.63) is 81.5 Å². The lowest BCUT2D eigenvalue weighted by Crippen LogP contribution is -2.21. The number of carboxylic acid groups (broad SMARTS) is 1. The van der Waals surface area contributed by atoms with E-state index in [1.807, 2.05) is 54.6 Å². The predicted molar refractivity (Wildman–Crippen MR) is 136 cm³/mol. The summed E-state index contributed by atoms with van der Waals surface area (Å²) in [5, 5.41) is 18.8. The molecule has 170 valence electrons. The van der Waals surface area contributed by atoms with E-state index < -0.39 is 11.6 Å². The molecule has 0 bridgehead atoms. The van der Waals surface area contributed by atoms with Gasteiger partial charge in [0.05, 0.1) is 5.56 Å². The van der Waals surface area contributed by atoms with Crippen molar-refractivity contribution in [2.45, 2.75) is 13.8 Å². The molecule has 0 unspecified atom stereocenters. The minimum atomic E-state index is -1.25. The van der Waals surface area contributed by atoms with Crippen LogP contribution in [0.5, 0.6) is 0 Å². The van der Waals surface area contributed by atoms with Gasteiger partial charge in [-0.25, -0.2) is 9.59 Å². The lowest BCUT2D eigenvalue weighted by atomic mass is 10.0. The third-order valence-electron chi connectivity index (χ3n) is 5.59. The molecule has 2 heterocycles. The third-order valence-corrected chi connectivity index (χ3v) is 6.67. The highest BCUT2D eigenvalue weighted by Gasteiger charge is 2.12. The Balaban J connectivity index is 1.63. The summed E-state index contributed by atoms with van der Waals surface area (Å²) in [7, 11) is 0. The maximum absolute atomic E-state index is 12.7. The molecule has 0 amide bonds. The summed E-state index contributed by atoms with van der Waals surface area (Å²) < 4.78 is 5.65. The van der Waals surface area contributed by atoms with Crippen molar-refractivity contribution in [3.63, 3.8) is 0 Å². The van der Waals surface area contributed by atoms with E-state index in [9.17, 15) is 9.59 Å². The molecule has 0 saturated heterocycles. The first-order valence-corrected chi connectivity index (χ1v) is 11.6. The molecule has 2 aromatic heterocycles. The normalized spacial score (nSPS) is 11.4. The van der Waals surface area contributed by atoms with Crippen LogP contribution in [0.1, 0.15) is 18.7 Å². The predicted octanol–water partition coefficient (Wildman–Crippen LogP) is 6.03. The maximum atomic E-state index is 12.7. The third kappa shape index (κ3) is 4.63. The molecule has 34 heavy (non-hydrogen) atoms. The van der Waals surface area contributed by atoms with Gasteiger partial charge >= 0.3 is 11.6 Å². The number of hydrogen-bond donors (Lipinski definition) is 1. The van der Waals surface area contributed by atoms with Gasteiger partial charge in [0.1, 0.15) is 17.2 Å². The topological polar surface area (TPSA) is 94.5 Å². The van der Waals surface area contributed by atoms with Crippen LogP contribution in [0, 0.1) is 11.3 Å². The zero-order valence-corrected chi connectivity index (χ0v) is 19.6. The number of thiophene rings is 1. The monoisotopic (exact) mass is 470 g/mol. The SMILES string of the molecule is CCN(CC)c1ccc2cc(-c3ccc(-c4ccc(C=C(C#N)C(=O)O)s4)cc3)c(=O)oc2c1. The highest BCUT2D eigenvalue weighted by Crippen LogP contribution is 2.31. The molecule has 0 atom stereocenters. The number of rotatable bonds is 7. The van der Waals surface area contributed by atoms with Crippen LogP contribution in [0.2, 0.25) is 0 Å². The van der Waals surface area contributed by atoms with Crippen molar-refractivity contribution in [1.29, 1.82) is 5.26 Å². The lowest BCUT2D eigenvalue weighted by molar-refractivity contribution is -0.132. The fraction of sp³-hybridized carbons (Fsp3) is 0.148. The highest BCUT2D eigenvalue weighted by molar-refractivity contribution is 7.16. The van der Waals surface area contributed by atoms with E-state index >= 15 is 0 Å². The number of fused-ring (bicyclic) bond motifs is 1. The van der Waals surface area contributed by atoms with Crippen molar-refractivity contribution in [2.75, 3.05) is 18.0 Å². The molecule has 4 rings (SSSR count). The van der Waals surface area contributed by atoms with E-state index in [0.717, 1.165) is 40.2 Å². The molecule has 7 heteroatoms. The Hall–Kier alpha value is -4.15. The average Bonchev–Trinajstić information content (AvgIpc) is 3.31. The Bertz CT molecular complexity index is 1490. The van der Waals surface area contributed by atoms with Gasteiger partial charge in [-0.3, -0.25) is 0 Å². The molecule has 0 radical (unpaired) electrons. The van der Waals surface area contributed by atoms with Gasteiger partial charge in [-0.2, -0.15) is 5.26 Å². The van der Waals surface area contributed by atoms with Gasteiger partial charge in [-0.05, 0) is 61.4 Å². The molecule has 2 aromatic carbocycles. The number of nitriles is 1. The van der Waals surface area contributed by atoms with Crippen LogP contribution in [-0.2, 0) is 4.79 Å². The second-order valence-corrected chi connectivity index (χ2v) is 8.71. The van der Waals surface area contributed by atoms with Gasteiger partial charge in [-0.15, -0.1) is 11.3 Å². The van der Waals surface area contributed by atoms with E-state index in [2.05, 4.69) is 18.7 Å². The van der Waals surface area contributed by atoms with Crippen molar-refractivity contribution in [1.82, 2.24) is 0 Å². The van der Waals surface area contributed by atoms with Crippen molar-refractivity contribution < 1.29 is 14.3 Å². The lowest BCUT2D eigenvalue weighted by Gasteiger charge is -2.21. The standard InChI is InChI=1S/C27H22N2O4S/c1-3-29(4-2)21-10-9-19-14-23(27(32)33-24(19)15-21)17-5-7-18(8-6-17)25-12-11-22(34-25)13-20(16-28)26(30)31/h5-15H,3-4H2,1-2H3,(H,30,31). The number of carbonyl (C=O) groups is 1. The molecule has 0 aliphatic heterocycles. The Labute approximate surface area is 200 Å². The Morgan fingerprint density at radius 2 is 1.76 bits per heavy atom. The van der Waals surface area contributed by atoms with Crippen LogP contribution >= 0.6 is 11.3 Å². The van der Waals surface area contributed by atoms with Crippen molar-refractivity contribution in [3.8, 4) is 27.6 Å². The molecule has 1 N–H and O–H groups in total. The minimum Gasteiger partial charge on any atom is -0.477 e. The molecule has 6 nitrogen and oxygen atoms in total. The van der Waals surface area contributed by atoms with Gasteiger partial charge in [0, 0.05) is 40.0 Å². The van der Waals surface area contributed by atoms with E-state index in [4.69, 9.17) is 14.8 Å². The van der Waals surface area contributed by atoms with Crippen molar-refractivity contribution in [2.24, 2.45) is 0 Å². The summed E-state index contributed by atoms with van der Waals surface area (Å²) in [5.74, 6) is -1.25. The first-order chi connectivity index (χ1) is 16.4. The average molecular weight is 471 g/mol. The summed E-state index contributed by atoms with van der Waals surface area (Å²) in [6.45, 7) is 5.92. The van der Waals surface area contributed by atoms with Gasteiger partial charge in [0.15, 0.2) is 0 Å². The summed E-state index contributed by atoms with van der Waals surface area (Å²) in [5.41, 5.74) is 3.05. The molecule has 0 saturated carbocycles. The number of benzene rings is 2. The summed E-state index contributed by atoms with van der Waals surface area (Å²) in [6.07, 6.45) is 1.36. The number of hydrogen-bond acceptors (Lipinski definition) is 6. The second kappa shape index (κ2) is 9.77. The van der Waals surface area contributed by atoms with E-state index in [1.165, 1.54) is 17.4 Å².